The van der Waals surface area contributed by atoms with Crippen LogP contribution in [0.5, 0.6) is 0 Å². The van der Waals surface area contributed by atoms with Crippen LogP contribution in [0.25, 0.3) is 0 Å². The molecule has 0 unspecified atom stereocenters. The molecule has 0 atom stereocenters. The average molecular weight is 147 g/mol. The van der Waals surface area contributed by atoms with Gasteiger partial charge in [0.05, 0.1) is 0 Å². The highest BCUT2D eigenvalue weighted by molar-refractivity contribution is 8.24. The van der Waals surface area contributed by atoms with E-state index in [1.807, 2.05) is 6.92 Å². The summed E-state index contributed by atoms with van der Waals surface area (Å²) in [6.45, 7) is 6.42. The number of hydrogen-bond acceptors (Lipinski definition) is 2. The van der Waals surface area contributed by atoms with Crippen molar-refractivity contribution in [2.75, 3.05) is 6.54 Å². The van der Waals surface area contributed by atoms with Crippen LogP contribution in [0.15, 0.2) is 12.0 Å². The van der Waals surface area contributed by atoms with Gasteiger partial charge in [-0.3, -0.25) is 0 Å². The minimum absolute atomic E-state index is 0.794. The number of thioether (sulfide) groups is 1. The van der Waals surface area contributed by atoms with E-state index in [1.165, 1.54) is 11.8 Å². The second-order valence-electron chi connectivity index (χ2n) is 1.10. The van der Waals surface area contributed by atoms with Gasteiger partial charge >= 0.3 is 0 Å². The SMILES string of the molecule is C=CSC(=S)NCC. The first-order valence-electron chi connectivity index (χ1n) is 2.36. The van der Waals surface area contributed by atoms with E-state index in [1.54, 1.807) is 5.41 Å². The number of hydrogen-bond donors (Lipinski definition) is 1. The molecule has 0 heterocycles. The van der Waals surface area contributed by atoms with Crippen molar-refractivity contribution < 1.29 is 0 Å². The average Bonchev–Trinajstić information content (AvgIpc) is 1.68. The zero-order valence-corrected chi connectivity index (χ0v) is 6.44. The molecule has 0 saturated carbocycles. The second-order valence-corrected chi connectivity index (χ2v) is 2.75. The Morgan fingerprint density at radius 1 is 2.00 bits per heavy atom. The van der Waals surface area contributed by atoms with Gasteiger partial charge in [-0.25, -0.2) is 0 Å². The Hall–Kier alpha value is -0.0200. The molecule has 0 aromatic heterocycles. The van der Waals surface area contributed by atoms with E-state index in [4.69, 9.17) is 12.2 Å². The molecular weight excluding hydrogens is 138 g/mol. The minimum atomic E-state index is 0.794. The summed E-state index contributed by atoms with van der Waals surface area (Å²) >= 11 is 6.27. The molecule has 0 aromatic carbocycles. The van der Waals surface area contributed by atoms with Gasteiger partial charge in [0.1, 0.15) is 4.32 Å². The van der Waals surface area contributed by atoms with Crippen molar-refractivity contribution in [3.05, 3.63) is 12.0 Å². The fourth-order valence-electron chi connectivity index (χ4n) is 0.262. The molecule has 0 spiro atoms. The molecule has 0 radical (unpaired) electrons. The molecule has 0 fully saturated rings. The van der Waals surface area contributed by atoms with Gasteiger partial charge in [0.2, 0.25) is 0 Å². The third-order valence-electron chi connectivity index (χ3n) is 0.511. The molecule has 3 heteroatoms. The number of rotatable bonds is 2. The van der Waals surface area contributed by atoms with Gasteiger partial charge < -0.3 is 5.32 Å². The summed E-state index contributed by atoms with van der Waals surface area (Å²) in [4.78, 5) is 0. The van der Waals surface area contributed by atoms with Crippen LogP contribution in [0.2, 0.25) is 0 Å². The monoisotopic (exact) mass is 147 g/mol. The summed E-state index contributed by atoms with van der Waals surface area (Å²) in [5.41, 5.74) is 0. The van der Waals surface area contributed by atoms with Gasteiger partial charge in [0.15, 0.2) is 0 Å². The largest absolute Gasteiger partial charge is 0.371 e. The summed E-state index contributed by atoms with van der Waals surface area (Å²) in [5, 5.41) is 4.68. The Morgan fingerprint density at radius 2 is 2.62 bits per heavy atom. The van der Waals surface area contributed by atoms with Gasteiger partial charge in [-0.1, -0.05) is 30.6 Å². The molecule has 8 heavy (non-hydrogen) atoms. The summed E-state index contributed by atoms with van der Waals surface area (Å²) in [7, 11) is 0. The van der Waals surface area contributed by atoms with Crippen LogP contribution in [0.4, 0.5) is 0 Å². The van der Waals surface area contributed by atoms with Crippen LogP contribution in [0.3, 0.4) is 0 Å². The highest BCUT2D eigenvalue weighted by Gasteiger charge is 1.85. The molecule has 0 aliphatic carbocycles. The molecule has 46 valence electrons. The Kier molecular flexibility index (Phi) is 5.11. The summed E-state index contributed by atoms with van der Waals surface area (Å²) in [6, 6.07) is 0. The van der Waals surface area contributed by atoms with Crippen LogP contribution < -0.4 is 5.32 Å². The Morgan fingerprint density at radius 3 is 3.00 bits per heavy atom. The predicted molar refractivity (Wildman–Crippen MR) is 44.1 cm³/mol. The van der Waals surface area contributed by atoms with E-state index in [0.29, 0.717) is 0 Å². The van der Waals surface area contributed by atoms with Crippen molar-refractivity contribution in [3.8, 4) is 0 Å². The molecule has 0 rings (SSSR count). The Labute approximate surface area is 59.5 Å². The van der Waals surface area contributed by atoms with Gasteiger partial charge in [-0.05, 0) is 12.3 Å². The van der Waals surface area contributed by atoms with Crippen molar-refractivity contribution in [3.63, 3.8) is 0 Å². The van der Waals surface area contributed by atoms with Gasteiger partial charge in [0, 0.05) is 6.54 Å². The normalized spacial score (nSPS) is 8.12. The fraction of sp³-hybridized carbons (Fsp3) is 0.400. The third kappa shape index (κ3) is 4.15. The molecule has 0 aromatic rings. The van der Waals surface area contributed by atoms with Crippen LogP contribution in [-0.2, 0) is 0 Å². The lowest BCUT2D eigenvalue weighted by Crippen LogP contribution is -2.16. The van der Waals surface area contributed by atoms with Crippen molar-refractivity contribution in [1.29, 1.82) is 0 Å². The highest BCUT2D eigenvalue weighted by Crippen LogP contribution is 1.99. The summed E-state index contributed by atoms with van der Waals surface area (Å²) < 4.78 is 0.794. The topological polar surface area (TPSA) is 12.0 Å². The lowest BCUT2D eigenvalue weighted by Gasteiger charge is -1.97. The fourth-order valence-corrected chi connectivity index (χ4v) is 0.989. The number of nitrogens with one attached hydrogen (secondary N) is 1. The maximum Gasteiger partial charge on any atom is 0.137 e. The molecule has 0 bridgehead atoms. The predicted octanol–water partition coefficient (Wildman–Crippen LogP) is 1.76. The maximum atomic E-state index is 4.83. The quantitative estimate of drug-likeness (QED) is 0.598. The first-order chi connectivity index (χ1) is 3.81. The molecule has 0 saturated heterocycles. The summed E-state index contributed by atoms with van der Waals surface area (Å²) in [6.07, 6.45) is 0. The smallest absolute Gasteiger partial charge is 0.137 e. The lowest BCUT2D eigenvalue weighted by atomic mass is 10.8. The Balaban J connectivity index is 3.18. The third-order valence-corrected chi connectivity index (χ3v) is 1.47. The van der Waals surface area contributed by atoms with Gasteiger partial charge in [0.25, 0.3) is 0 Å². The zero-order valence-electron chi connectivity index (χ0n) is 4.81. The van der Waals surface area contributed by atoms with Crippen LogP contribution in [0, 0.1) is 0 Å². The zero-order chi connectivity index (χ0) is 6.41. The molecule has 0 aliphatic heterocycles. The maximum absolute atomic E-state index is 4.83. The second kappa shape index (κ2) is 5.12. The molecule has 0 aliphatic rings. The van der Waals surface area contributed by atoms with E-state index < -0.39 is 0 Å². The van der Waals surface area contributed by atoms with Crippen LogP contribution in [0.1, 0.15) is 6.92 Å². The van der Waals surface area contributed by atoms with Gasteiger partial charge in [-0.2, -0.15) is 0 Å². The van der Waals surface area contributed by atoms with E-state index in [2.05, 4.69) is 11.9 Å². The van der Waals surface area contributed by atoms with E-state index in [0.717, 1.165) is 10.9 Å². The Bertz CT molecular complexity index is 90.4. The minimum Gasteiger partial charge on any atom is -0.371 e. The number of thiocarbonyl (C=S) groups is 1. The van der Waals surface area contributed by atoms with Crippen molar-refractivity contribution in [1.82, 2.24) is 5.32 Å². The molecule has 1 nitrogen and oxygen atoms in total. The highest BCUT2D eigenvalue weighted by atomic mass is 32.2. The van der Waals surface area contributed by atoms with Gasteiger partial charge in [-0.15, -0.1) is 0 Å². The first kappa shape index (κ1) is 7.98. The standard InChI is InChI=1S/C5H9NS2/c1-3-6-5(7)8-4-2/h4H,2-3H2,1H3,(H,6,7). The van der Waals surface area contributed by atoms with Crippen molar-refractivity contribution in [2.24, 2.45) is 0 Å². The van der Waals surface area contributed by atoms with Crippen LogP contribution >= 0.6 is 24.0 Å². The van der Waals surface area contributed by atoms with Crippen molar-refractivity contribution >= 4 is 28.3 Å². The van der Waals surface area contributed by atoms with E-state index in [9.17, 15) is 0 Å². The lowest BCUT2D eigenvalue weighted by molar-refractivity contribution is 0.996. The van der Waals surface area contributed by atoms with E-state index in [-0.39, 0.29) is 0 Å². The van der Waals surface area contributed by atoms with E-state index >= 15 is 0 Å². The molecule has 1 N–H and O–H groups in total. The van der Waals surface area contributed by atoms with Crippen molar-refractivity contribution in [2.45, 2.75) is 6.92 Å². The molecular formula is C5H9NS2. The van der Waals surface area contributed by atoms with Crippen LogP contribution in [-0.4, -0.2) is 10.9 Å². The summed E-state index contributed by atoms with van der Waals surface area (Å²) in [5.74, 6) is 0. The first-order valence-corrected chi connectivity index (χ1v) is 3.65. The molecule has 0 amide bonds.